The van der Waals surface area contributed by atoms with Crippen LogP contribution in [0.5, 0.6) is 0 Å². The molecule has 0 heterocycles. The van der Waals surface area contributed by atoms with E-state index >= 15 is 0 Å². The number of amides is 1. The number of nitrogens with one attached hydrogen (secondary N) is 1. The Bertz CT molecular complexity index is 410. The maximum atomic E-state index is 13.4. The monoisotopic (exact) mass is 253 g/mol. The van der Waals surface area contributed by atoms with Crippen molar-refractivity contribution in [3.63, 3.8) is 0 Å². The van der Waals surface area contributed by atoms with E-state index in [9.17, 15) is 9.18 Å². The molecule has 1 aromatic carbocycles. The molecule has 1 N–H and O–H groups in total. The Morgan fingerprint density at radius 3 is 2.82 bits per heavy atom. The minimum atomic E-state index is -0.454. The molecule has 0 saturated heterocycles. The Labute approximate surface area is 105 Å². The molecule has 1 aliphatic carbocycles. The van der Waals surface area contributed by atoms with Crippen LogP contribution in [0, 0.1) is 5.82 Å². The third kappa shape index (κ3) is 3.00. The van der Waals surface area contributed by atoms with E-state index < -0.39 is 5.82 Å². The topological polar surface area (TPSA) is 29.1 Å². The molecule has 1 aliphatic rings. The van der Waals surface area contributed by atoms with Crippen LogP contribution in [0.15, 0.2) is 24.3 Å². The van der Waals surface area contributed by atoms with Crippen LogP contribution < -0.4 is 5.32 Å². The molecule has 17 heavy (non-hydrogen) atoms. The second-order valence-corrected chi connectivity index (χ2v) is 5.46. The first-order valence-electron chi connectivity index (χ1n) is 5.79. The van der Waals surface area contributed by atoms with Crippen LogP contribution in [0.4, 0.5) is 4.39 Å². The summed E-state index contributed by atoms with van der Waals surface area (Å²) in [6.45, 7) is 0. The van der Waals surface area contributed by atoms with Crippen LogP contribution >= 0.6 is 11.8 Å². The average molecular weight is 253 g/mol. The first-order chi connectivity index (χ1) is 8.20. The van der Waals surface area contributed by atoms with Crippen LogP contribution in [-0.2, 0) is 0 Å². The lowest BCUT2D eigenvalue weighted by atomic mass is 10.1. The zero-order valence-corrected chi connectivity index (χ0v) is 10.6. The minimum absolute atomic E-state index is 0.139. The summed E-state index contributed by atoms with van der Waals surface area (Å²) >= 11 is 1.84. The molecule has 2 nitrogen and oxygen atoms in total. The van der Waals surface area contributed by atoms with Crippen molar-refractivity contribution < 1.29 is 9.18 Å². The summed E-state index contributed by atoms with van der Waals surface area (Å²) in [5.41, 5.74) is 0.139. The van der Waals surface area contributed by atoms with E-state index in [4.69, 9.17) is 0 Å². The van der Waals surface area contributed by atoms with E-state index in [1.165, 1.54) is 12.1 Å². The molecule has 1 aromatic rings. The molecule has 0 spiro atoms. The second-order valence-electron chi connectivity index (χ2n) is 4.32. The molecule has 1 amide bonds. The molecule has 1 fully saturated rings. The van der Waals surface area contributed by atoms with Crippen LogP contribution in [0.1, 0.15) is 29.6 Å². The second kappa shape index (κ2) is 5.54. The fraction of sp³-hybridized carbons (Fsp3) is 0.462. The fourth-order valence-corrected chi connectivity index (χ4v) is 2.99. The van der Waals surface area contributed by atoms with E-state index in [0.717, 1.165) is 19.3 Å². The average Bonchev–Trinajstić information content (AvgIpc) is 2.77. The van der Waals surface area contributed by atoms with Crippen molar-refractivity contribution in [2.45, 2.75) is 30.6 Å². The van der Waals surface area contributed by atoms with Gasteiger partial charge in [-0.25, -0.2) is 4.39 Å². The zero-order valence-electron chi connectivity index (χ0n) is 9.78. The number of carbonyl (C=O) groups is 1. The van der Waals surface area contributed by atoms with Crippen molar-refractivity contribution in [1.29, 1.82) is 0 Å². The van der Waals surface area contributed by atoms with Gasteiger partial charge in [0.1, 0.15) is 5.82 Å². The van der Waals surface area contributed by atoms with E-state index in [1.807, 2.05) is 11.8 Å². The van der Waals surface area contributed by atoms with Crippen molar-refractivity contribution in [3.8, 4) is 0 Å². The predicted molar refractivity (Wildman–Crippen MR) is 68.8 cm³/mol. The standard InChI is InChI=1S/C13H16FNOS/c1-17-10-7-6-9(8-10)15-13(16)11-4-2-3-5-12(11)14/h2-5,9-10H,6-8H2,1H3,(H,15,16). The predicted octanol–water partition coefficient (Wildman–Crippen LogP) is 2.84. The first-order valence-corrected chi connectivity index (χ1v) is 7.07. The Morgan fingerprint density at radius 1 is 1.41 bits per heavy atom. The molecule has 0 bridgehead atoms. The molecule has 4 heteroatoms. The summed E-state index contributed by atoms with van der Waals surface area (Å²) in [6, 6.07) is 6.29. The Balaban J connectivity index is 1.96. The molecule has 92 valence electrons. The van der Waals surface area contributed by atoms with Crippen molar-refractivity contribution in [3.05, 3.63) is 35.6 Å². The zero-order chi connectivity index (χ0) is 12.3. The largest absolute Gasteiger partial charge is 0.349 e. The van der Waals surface area contributed by atoms with Gasteiger partial charge in [0.2, 0.25) is 0 Å². The molecule has 0 radical (unpaired) electrons. The van der Waals surface area contributed by atoms with Crippen LogP contribution in [0.3, 0.4) is 0 Å². The maximum Gasteiger partial charge on any atom is 0.254 e. The molecular formula is C13H16FNOS. The summed E-state index contributed by atoms with van der Waals surface area (Å²) in [4.78, 5) is 11.9. The van der Waals surface area contributed by atoms with Crippen molar-refractivity contribution in [1.82, 2.24) is 5.32 Å². The summed E-state index contributed by atoms with van der Waals surface area (Å²) in [7, 11) is 0. The SMILES string of the molecule is CSC1CCC(NC(=O)c2ccccc2F)C1. The smallest absolute Gasteiger partial charge is 0.254 e. The summed E-state index contributed by atoms with van der Waals surface area (Å²) in [5, 5.41) is 3.53. The van der Waals surface area contributed by atoms with Crippen LogP contribution in [-0.4, -0.2) is 23.5 Å². The van der Waals surface area contributed by atoms with Gasteiger partial charge in [0, 0.05) is 11.3 Å². The lowest BCUT2D eigenvalue weighted by Gasteiger charge is -2.13. The van der Waals surface area contributed by atoms with Crippen LogP contribution in [0.25, 0.3) is 0 Å². The molecule has 2 rings (SSSR count). The van der Waals surface area contributed by atoms with Gasteiger partial charge in [-0.05, 0) is 37.7 Å². The summed E-state index contributed by atoms with van der Waals surface area (Å²) in [6.07, 6.45) is 5.20. The van der Waals surface area contributed by atoms with Gasteiger partial charge in [-0.1, -0.05) is 12.1 Å². The number of hydrogen-bond donors (Lipinski definition) is 1. The van der Waals surface area contributed by atoms with Crippen molar-refractivity contribution >= 4 is 17.7 Å². The van der Waals surface area contributed by atoms with Gasteiger partial charge in [-0.15, -0.1) is 0 Å². The van der Waals surface area contributed by atoms with Gasteiger partial charge in [-0.3, -0.25) is 4.79 Å². The molecular weight excluding hydrogens is 237 g/mol. The van der Waals surface area contributed by atoms with Crippen molar-refractivity contribution in [2.24, 2.45) is 0 Å². The highest BCUT2D eigenvalue weighted by Crippen LogP contribution is 2.28. The van der Waals surface area contributed by atoms with Crippen LogP contribution in [0.2, 0.25) is 0 Å². The highest BCUT2D eigenvalue weighted by Gasteiger charge is 2.25. The summed E-state index contributed by atoms with van der Waals surface area (Å²) in [5.74, 6) is -0.751. The lowest BCUT2D eigenvalue weighted by molar-refractivity contribution is 0.0934. The molecule has 1 saturated carbocycles. The highest BCUT2D eigenvalue weighted by atomic mass is 32.2. The maximum absolute atomic E-state index is 13.4. The Morgan fingerprint density at radius 2 is 2.18 bits per heavy atom. The Kier molecular flexibility index (Phi) is 4.05. The third-order valence-corrected chi connectivity index (χ3v) is 4.27. The van der Waals surface area contributed by atoms with Gasteiger partial charge in [-0.2, -0.15) is 11.8 Å². The molecule has 0 aromatic heterocycles. The number of carbonyl (C=O) groups excluding carboxylic acids is 1. The van der Waals surface area contributed by atoms with E-state index in [0.29, 0.717) is 5.25 Å². The van der Waals surface area contributed by atoms with E-state index in [-0.39, 0.29) is 17.5 Å². The number of halogens is 1. The first kappa shape index (κ1) is 12.4. The Hall–Kier alpha value is -1.03. The van der Waals surface area contributed by atoms with E-state index in [1.54, 1.807) is 12.1 Å². The van der Waals surface area contributed by atoms with Crippen molar-refractivity contribution in [2.75, 3.05) is 6.26 Å². The van der Waals surface area contributed by atoms with Gasteiger partial charge >= 0.3 is 0 Å². The highest BCUT2D eigenvalue weighted by molar-refractivity contribution is 7.99. The van der Waals surface area contributed by atoms with E-state index in [2.05, 4.69) is 11.6 Å². The number of rotatable bonds is 3. The third-order valence-electron chi connectivity index (χ3n) is 3.17. The lowest BCUT2D eigenvalue weighted by Crippen LogP contribution is -2.33. The summed E-state index contributed by atoms with van der Waals surface area (Å²) < 4.78 is 13.4. The normalized spacial score (nSPS) is 23.6. The number of benzene rings is 1. The molecule has 2 atom stereocenters. The number of thioether (sulfide) groups is 1. The van der Waals surface area contributed by atoms with Gasteiger partial charge < -0.3 is 5.32 Å². The fourth-order valence-electron chi connectivity index (χ4n) is 2.19. The minimum Gasteiger partial charge on any atom is -0.349 e. The number of hydrogen-bond acceptors (Lipinski definition) is 2. The van der Waals surface area contributed by atoms with Gasteiger partial charge in [0.15, 0.2) is 0 Å². The molecule has 2 unspecified atom stereocenters. The molecule has 0 aliphatic heterocycles. The quantitative estimate of drug-likeness (QED) is 0.897. The van der Waals surface area contributed by atoms with Gasteiger partial charge in [0.05, 0.1) is 5.56 Å². The van der Waals surface area contributed by atoms with Gasteiger partial charge in [0.25, 0.3) is 5.91 Å².